The molecule has 0 saturated carbocycles. The van der Waals surface area contributed by atoms with Gasteiger partial charge in [0.15, 0.2) is 6.61 Å². The largest absolute Gasteiger partial charge is 0.484 e. The summed E-state index contributed by atoms with van der Waals surface area (Å²) in [5, 5.41) is 5.12. The van der Waals surface area contributed by atoms with Crippen LogP contribution in [0.15, 0.2) is 66.7 Å². The maximum Gasteiger partial charge on any atom is 0.262 e. The summed E-state index contributed by atoms with van der Waals surface area (Å²) in [4.78, 5) is 14.5. The van der Waals surface area contributed by atoms with E-state index >= 15 is 0 Å². The van der Waals surface area contributed by atoms with Crippen molar-refractivity contribution in [1.82, 2.24) is 0 Å². The van der Waals surface area contributed by atoms with Crippen LogP contribution in [0.4, 0.5) is 11.4 Å². The van der Waals surface area contributed by atoms with Gasteiger partial charge in [-0.2, -0.15) is 0 Å². The van der Waals surface area contributed by atoms with Crippen LogP contribution in [0.5, 0.6) is 5.75 Å². The molecule has 0 spiro atoms. The van der Waals surface area contributed by atoms with Crippen LogP contribution in [0.2, 0.25) is 0 Å². The summed E-state index contributed by atoms with van der Waals surface area (Å²) in [6.07, 6.45) is 1.34. The third-order valence-electron chi connectivity index (χ3n) is 5.09. The molecule has 0 radical (unpaired) electrons. The first-order valence-corrected chi connectivity index (χ1v) is 9.50. The minimum atomic E-state index is -0.179. The van der Waals surface area contributed by atoms with Crippen molar-refractivity contribution in [2.75, 3.05) is 37.0 Å². The molecule has 1 amide bonds. The lowest BCUT2D eigenvalue weighted by atomic mass is 10.1. The van der Waals surface area contributed by atoms with E-state index in [1.165, 1.54) is 0 Å². The number of ether oxygens (including phenoxy) is 2. The molecule has 1 heterocycles. The average Bonchev–Trinajstić information content (AvgIpc) is 3.22. The zero-order valence-corrected chi connectivity index (χ0v) is 15.9. The summed E-state index contributed by atoms with van der Waals surface area (Å²) in [7, 11) is 1.76. The summed E-state index contributed by atoms with van der Waals surface area (Å²) in [6.45, 7) is 1.87. The number of anilines is 2. The molecule has 0 bridgehead atoms. The second-order valence-corrected chi connectivity index (χ2v) is 6.99. The van der Waals surface area contributed by atoms with Crippen LogP contribution >= 0.6 is 0 Å². The number of nitrogens with zero attached hydrogens (tertiary/aromatic N) is 1. The lowest BCUT2D eigenvalue weighted by Crippen LogP contribution is -2.22. The second-order valence-electron chi connectivity index (χ2n) is 6.99. The summed E-state index contributed by atoms with van der Waals surface area (Å²) in [5.74, 6) is 0.507. The van der Waals surface area contributed by atoms with E-state index < -0.39 is 0 Å². The number of carbonyl (C=O) groups excluding carboxylic acids is 1. The molecular weight excluding hydrogens is 352 g/mol. The molecule has 0 aromatic heterocycles. The van der Waals surface area contributed by atoms with Crippen LogP contribution in [-0.4, -0.2) is 38.8 Å². The van der Waals surface area contributed by atoms with Crippen molar-refractivity contribution in [3.63, 3.8) is 0 Å². The van der Waals surface area contributed by atoms with Crippen molar-refractivity contribution in [2.24, 2.45) is 0 Å². The SMILES string of the molecule is COC1CCN(c2ccc(NC(=O)COc3ccc4ccccc4c3)cc2)C1. The molecule has 5 heteroatoms. The van der Waals surface area contributed by atoms with Crippen molar-refractivity contribution in [2.45, 2.75) is 12.5 Å². The molecule has 1 atom stereocenters. The van der Waals surface area contributed by atoms with Gasteiger partial charge in [0, 0.05) is 31.6 Å². The molecule has 1 fully saturated rings. The molecule has 5 nitrogen and oxygen atoms in total. The van der Waals surface area contributed by atoms with Crippen LogP contribution in [0, 0.1) is 0 Å². The highest BCUT2D eigenvalue weighted by Gasteiger charge is 2.22. The third-order valence-corrected chi connectivity index (χ3v) is 5.09. The normalized spacial score (nSPS) is 16.3. The molecule has 28 heavy (non-hydrogen) atoms. The Morgan fingerprint density at radius 3 is 2.61 bits per heavy atom. The molecule has 144 valence electrons. The maximum absolute atomic E-state index is 12.2. The Balaban J connectivity index is 1.30. The molecule has 3 aromatic carbocycles. The van der Waals surface area contributed by atoms with Crippen molar-refractivity contribution >= 4 is 28.1 Å². The molecule has 1 N–H and O–H groups in total. The van der Waals surface area contributed by atoms with E-state index in [2.05, 4.69) is 10.2 Å². The Labute approximate surface area is 164 Å². The monoisotopic (exact) mass is 376 g/mol. The van der Waals surface area contributed by atoms with E-state index in [9.17, 15) is 4.79 Å². The molecule has 4 rings (SSSR count). The van der Waals surface area contributed by atoms with Gasteiger partial charge in [0.25, 0.3) is 5.91 Å². The minimum Gasteiger partial charge on any atom is -0.484 e. The number of benzene rings is 3. The van der Waals surface area contributed by atoms with Crippen LogP contribution in [0.25, 0.3) is 10.8 Å². The van der Waals surface area contributed by atoms with Gasteiger partial charge in [-0.15, -0.1) is 0 Å². The number of hydrogen-bond donors (Lipinski definition) is 1. The van der Waals surface area contributed by atoms with Crippen molar-refractivity contribution < 1.29 is 14.3 Å². The summed E-state index contributed by atoms with van der Waals surface area (Å²) >= 11 is 0. The first-order chi connectivity index (χ1) is 13.7. The number of nitrogens with one attached hydrogen (secondary N) is 1. The van der Waals surface area contributed by atoms with Gasteiger partial charge in [-0.1, -0.05) is 30.3 Å². The highest BCUT2D eigenvalue weighted by molar-refractivity contribution is 5.92. The van der Waals surface area contributed by atoms with Gasteiger partial charge < -0.3 is 19.7 Å². The standard InChI is InChI=1S/C23H24N2O3/c1-27-22-12-13-25(15-22)20-9-7-19(8-10-20)24-23(26)16-28-21-11-6-17-4-2-3-5-18(17)14-21/h2-11,14,22H,12-13,15-16H2,1H3,(H,24,26). The quantitative estimate of drug-likeness (QED) is 0.704. The van der Waals surface area contributed by atoms with E-state index in [4.69, 9.17) is 9.47 Å². The fraction of sp³-hybridized carbons (Fsp3) is 0.261. The predicted molar refractivity (Wildman–Crippen MR) is 112 cm³/mol. The number of rotatable bonds is 6. The Hall–Kier alpha value is -3.05. The average molecular weight is 376 g/mol. The second kappa shape index (κ2) is 8.31. The lowest BCUT2D eigenvalue weighted by Gasteiger charge is -2.18. The van der Waals surface area contributed by atoms with E-state index in [-0.39, 0.29) is 12.5 Å². The van der Waals surface area contributed by atoms with Gasteiger partial charge in [-0.05, 0) is 53.6 Å². The van der Waals surface area contributed by atoms with Gasteiger partial charge in [0.05, 0.1) is 6.10 Å². The number of carbonyl (C=O) groups is 1. The molecule has 0 aliphatic carbocycles. The topological polar surface area (TPSA) is 50.8 Å². The molecule has 3 aromatic rings. The van der Waals surface area contributed by atoms with Gasteiger partial charge in [0.2, 0.25) is 0 Å². The summed E-state index contributed by atoms with van der Waals surface area (Å²) in [5.41, 5.74) is 1.91. The number of fused-ring (bicyclic) bond motifs is 1. The highest BCUT2D eigenvalue weighted by atomic mass is 16.5. The minimum absolute atomic E-state index is 0.0261. The van der Waals surface area contributed by atoms with E-state index in [1.807, 2.05) is 66.7 Å². The van der Waals surface area contributed by atoms with Crippen molar-refractivity contribution in [3.05, 3.63) is 66.7 Å². The molecule has 1 aliphatic heterocycles. The zero-order chi connectivity index (χ0) is 19.3. The van der Waals surface area contributed by atoms with Gasteiger partial charge >= 0.3 is 0 Å². The Bertz CT molecular complexity index is 955. The molecular formula is C23H24N2O3. The number of amides is 1. The van der Waals surface area contributed by atoms with Gasteiger partial charge in [-0.3, -0.25) is 4.79 Å². The smallest absolute Gasteiger partial charge is 0.262 e. The summed E-state index contributed by atoms with van der Waals surface area (Å²) in [6, 6.07) is 21.8. The summed E-state index contributed by atoms with van der Waals surface area (Å²) < 4.78 is 11.1. The van der Waals surface area contributed by atoms with Crippen molar-refractivity contribution in [3.8, 4) is 5.75 Å². The van der Waals surface area contributed by atoms with Crippen LogP contribution in [0.3, 0.4) is 0 Å². The van der Waals surface area contributed by atoms with E-state index in [0.29, 0.717) is 11.9 Å². The molecule has 1 aliphatic rings. The number of hydrogen-bond acceptors (Lipinski definition) is 4. The molecule has 1 unspecified atom stereocenters. The Kier molecular flexibility index (Phi) is 5.44. The maximum atomic E-state index is 12.2. The fourth-order valence-electron chi connectivity index (χ4n) is 3.51. The van der Waals surface area contributed by atoms with Gasteiger partial charge in [-0.25, -0.2) is 0 Å². The highest BCUT2D eigenvalue weighted by Crippen LogP contribution is 2.24. The fourth-order valence-corrected chi connectivity index (χ4v) is 3.51. The first-order valence-electron chi connectivity index (χ1n) is 9.50. The van der Waals surface area contributed by atoms with Crippen LogP contribution < -0.4 is 15.0 Å². The van der Waals surface area contributed by atoms with E-state index in [1.54, 1.807) is 7.11 Å². The van der Waals surface area contributed by atoms with Crippen LogP contribution in [0.1, 0.15) is 6.42 Å². The number of methoxy groups -OCH3 is 1. The zero-order valence-electron chi connectivity index (χ0n) is 15.9. The molecule has 1 saturated heterocycles. The van der Waals surface area contributed by atoms with E-state index in [0.717, 1.165) is 41.7 Å². The predicted octanol–water partition coefficient (Wildman–Crippen LogP) is 4.08. The first kappa shape index (κ1) is 18.3. The van der Waals surface area contributed by atoms with Gasteiger partial charge in [0.1, 0.15) is 5.75 Å². The third kappa shape index (κ3) is 4.26. The van der Waals surface area contributed by atoms with Crippen molar-refractivity contribution in [1.29, 1.82) is 0 Å². The van der Waals surface area contributed by atoms with Crippen LogP contribution in [-0.2, 0) is 9.53 Å². The Morgan fingerprint density at radius 1 is 1.07 bits per heavy atom. The lowest BCUT2D eigenvalue weighted by molar-refractivity contribution is -0.118. The Morgan fingerprint density at radius 2 is 1.86 bits per heavy atom.